The molecule has 19 heavy (non-hydrogen) atoms. The van der Waals surface area contributed by atoms with Crippen LogP contribution in [0.2, 0.25) is 0 Å². The van der Waals surface area contributed by atoms with Gasteiger partial charge >= 0.3 is 5.97 Å². The van der Waals surface area contributed by atoms with Gasteiger partial charge in [-0.2, -0.15) is 0 Å². The number of aromatic carboxylic acids is 1. The summed E-state index contributed by atoms with van der Waals surface area (Å²) in [5, 5.41) is 11.9. The zero-order chi connectivity index (χ0) is 13.9. The Balaban J connectivity index is 2.03. The maximum atomic E-state index is 12.1. The number of hydrogen-bond donors (Lipinski definition) is 2. The van der Waals surface area contributed by atoms with Crippen molar-refractivity contribution in [3.8, 4) is 0 Å². The summed E-state index contributed by atoms with van der Waals surface area (Å²) in [6.45, 7) is 2.79. The van der Waals surface area contributed by atoms with E-state index in [9.17, 15) is 9.59 Å². The average molecular weight is 261 g/mol. The fourth-order valence-corrected chi connectivity index (χ4v) is 2.45. The lowest BCUT2D eigenvalue weighted by molar-refractivity contribution is 0.0691. The number of carbonyl (C=O) groups excluding carboxylic acids is 1. The molecule has 4 nitrogen and oxygen atoms in total. The molecule has 1 amide bonds. The highest BCUT2D eigenvalue weighted by atomic mass is 16.4. The van der Waals surface area contributed by atoms with Crippen LogP contribution in [-0.4, -0.2) is 23.5 Å². The maximum Gasteiger partial charge on any atom is 0.336 e. The van der Waals surface area contributed by atoms with Gasteiger partial charge in [0.25, 0.3) is 5.91 Å². The second-order valence-corrected chi connectivity index (χ2v) is 5.28. The highest BCUT2D eigenvalue weighted by Gasteiger charge is 2.41. The smallest absolute Gasteiger partial charge is 0.336 e. The molecule has 2 N–H and O–H groups in total. The van der Waals surface area contributed by atoms with Crippen molar-refractivity contribution in [2.24, 2.45) is 5.41 Å². The Morgan fingerprint density at radius 1 is 1.26 bits per heavy atom. The lowest BCUT2D eigenvalue weighted by Gasteiger charge is -2.15. The normalized spacial score (nSPS) is 15.8. The molecule has 1 aliphatic carbocycles. The number of carboxylic acids is 1. The van der Waals surface area contributed by atoms with Crippen LogP contribution in [0.1, 0.15) is 53.3 Å². The SMILES string of the molecule is CCCC1(CNC(=O)c2ccccc2C(=O)O)CC1. The lowest BCUT2D eigenvalue weighted by atomic mass is 10.0. The predicted octanol–water partition coefficient (Wildman–Crippen LogP) is 2.69. The number of carbonyl (C=O) groups is 2. The van der Waals surface area contributed by atoms with E-state index >= 15 is 0 Å². The van der Waals surface area contributed by atoms with E-state index in [4.69, 9.17) is 5.11 Å². The molecule has 2 rings (SSSR count). The van der Waals surface area contributed by atoms with Crippen LogP contribution in [0.25, 0.3) is 0 Å². The zero-order valence-electron chi connectivity index (χ0n) is 11.1. The van der Waals surface area contributed by atoms with Crippen molar-refractivity contribution in [1.82, 2.24) is 5.32 Å². The Bertz CT molecular complexity index is 492. The van der Waals surface area contributed by atoms with E-state index in [1.54, 1.807) is 18.2 Å². The number of nitrogens with one attached hydrogen (secondary N) is 1. The van der Waals surface area contributed by atoms with Gasteiger partial charge in [-0.3, -0.25) is 4.79 Å². The van der Waals surface area contributed by atoms with Gasteiger partial charge in [0.05, 0.1) is 11.1 Å². The molecular weight excluding hydrogens is 242 g/mol. The molecule has 0 bridgehead atoms. The van der Waals surface area contributed by atoms with E-state index in [1.807, 2.05) is 0 Å². The van der Waals surface area contributed by atoms with Crippen molar-refractivity contribution in [3.63, 3.8) is 0 Å². The molecule has 0 spiro atoms. The van der Waals surface area contributed by atoms with Crippen LogP contribution in [0.3, 0.4) is 0 Å². The molecule has 1 saturated carbocycles. The molecule has 0 atom stereocenters. The van der Waals surface area contributed by atoms with Crippen molar-refractivity contribution in [2.75, 3.05) is 6.54 Å². The summed E-state index contributed by atoms with van der Waals surface area (Å²) in [7, 11) is 0. The van der Waals surface area contributed by atoms with Crippen LogP contribution < -0.4 is 5.32 Å². The highest BCUT2D eigenvalue weighted by Crippen LogP contribution is 2.48. The molecule has 0 saturated heterocycles. The first kappa shape index (κ1) is 13.6. The minimum atomic E-state index is -1.07. The Labute approximate surface area is 112 Å². The summed E-state index contributed by atoms with van der Waals surface area (Å²) in [5.41, 5.74) is 0.561. The van der Waals surface area contributed by atoms with E-state index in [0.29, 0.717) is 6.54 Å². The Morgan fingerprint density at radius 3 is 2.42 bits per heavy atom. The second-order valence-electron chi connectivity index (χ2n) is 5.28. The van der Waals surface area contributed by atoms with Crippen molar-refractivity contribution in [1.29, 1.82) is 0 Å². The van der Waals surface area contributed by atoms with Crippen LogP contribution in [0, 0.1) is 5.41 Å². The zero-order valence-corrected chi connectivity index (χ0v) is 11.1. The van der Waals surface area contributed by atoms with Crippen molar-refractivity contribution in [2.45, 2.75) is 32.6 Å². The van der Waals surface area contributed by atoms with Crippen LogP contribution in [0.15, 0.2) is 24.3 Å². The Kier molecular flexibility index (Phi) is 3.88. The van der Waals surface area contributed by atoms with Gasteiger partial charge < -0.3 is 10.4 Å². The monoisotopic (exact) mass is 261 g/mol. The van der Waals surface area contributed by atoms with Crippen LogP contribution >= 0.6 is 0 Å². The molecule has 102 valence electrons. The molecule has 1 aromatic carbocycles. The van der Waals surface area contributed by atoms with E-state index in [0.717, 1.165) is 25.7 Å². The predicted molar refractivity (Wildman–Crippen MR) is 72.3 cm³/mol. The van der Waals surface area contributed by atoms with E-state index in [2.05, 4.69) is 12.2 Å². The number of benzene rings is 1. The molecule has 0 aliphatic heterocycles. The quantitative estimate of drug-likeness (QED) is 0.827. The summed E-state index contributed by atoms with van der Waals surface area (Å²) in [6.07, 6.45) is 4.54. The lowest BCUT2D eigenvalue weighted by Crippen LogP contribution is -2.31. The van der Waals surface area contributed by atoms with E-state index in [1.165, 1.54) is 6.07 Å². The van der Waals surface area contributed by atoms with Gasteiger partial charge in [-0.1, -0.05) is 25.5 Å². The fourth-order valence-electron chi connectivity index (χ4n) is 2.45. The minimum Gasteiger partial charge on any atom is -0.478 e. The van der Waals surface area contributed by atoms with Crippen LogP contribution in [0.5, 0.6) is 0 Å². The standard InChI is InChI=1S/C15H19NO3/c1-2-7-15(8-9-15)10-16-13(17)11-5-3-4-6-12(11)14(18)19/h3-6H,2,7-10H2,1H3,(H,16,17)(H,18,19). The molecular formula is C15H19NO3. The first-order valence-electron chi connectivity index (χ1n) is 6.68. The van der Waals surface area contributed by atoms with Gasteiger partial charge in [0.15, 0.2) is 0 Å². The third-order valence-corrected chi connectivity index (χ3v) is 3.76. The Morgan fingerprint density at radius 2 is 1.89 bits per heavy atom. The van der Waals surface area contributed by atoms with Crippen LogP contribution in [-0.2, 0) is 0 Å². The number of hydrogen-bond acceptors (Lipinski definition) is 2. The molecule has 0 heterocycles. The third kappa shape index (κ3) is 3.13. The van der Waals surface area contributed by atoms with Gasteiger partial charge in [0, 0.05) is 6.54 Å². The van der Waals surface area contributed by atoms with Gasteiger partial charge in [-0.15, -0.1) is 0 Å². The minimum absolute atomic E-state index is 0.0559. The maximum absolute atomic E-state index is 12.1. The summed E-state index contributed by atoms with van der Waals surface area (Å²) >= 11 is 0. The molecule has 0 unspecified atom stereocenters. The summed E-state index contributed by atoms with van der Waals surface area (Å²) in [5.74, 6) is -1.36. The highest BCUT2D eigenvalue weighted by molar-refractivity contribution is 6.04. The van der Waals surface area contributed by atoms with Gasteiger partial charge in [-0.25, -0.2) is 4.79 Å². The van der Waals surface area contributed by atoms with E-state index in [-0.39, 0.29) is 22.4 Å². The van der Waals surface area contributed by atoms with Crippen LogP contribution in [0.4, 0.5) is 0 Å². The number of amides is 1. The number of carboxylic acid groups (broad SMARTS) is 1. The Hall–Kier alpha value is -1.84. The topological polar surface area (TPSA) is 66.4 Å². The third-order valence-electron chi connectivity index (χ3n) is 3.76. The van der Waals surface area contributed by atoms with E-state index < -0.39 is 5.97 Å². The van der Waals surface area contributed by atoms with Crippen molar-refractivity contribution >= 4 is 11.9 Å². The molecule has 1 fully saturated rings. The fraction of sp³-hybridized carbons (Fsp3) is 0.467. The molecule has 1 aromatic rings. The van der Waals surface area contributed by atoms with Gasteiger partial charge in [-0.05, 0) is 36.8 Å². The van der Waals surface area contributed by atoms with Crippen molar-refractivity contribution < 1.29 is 14.7 Å². The summed E-state index contributed by atoms with van der Waals surface area (Å²) in [6, 6.07) is 6.31. The first-order chi connectivity index (χ1) is 9.08. The largest absolute Gasteiger partial charge is 0.478 e. The van der Waals surface area contributed by atoms with Gasteiger partial charge in [0.2, 0.25) is 0 Å². The second kappa shape index (κ2) is 5.43. The summed E-state index contributed by atoms with van der Waals surface area (Å²) < 4.78 is 0. The molecule has 0 aromatic heterocycles. The average Bonchev–Trinajstić information content (AvgIpc) is 3.17. The number of rotatable bonds is 6. The molecule has 0 radical (unpaired) electrons. The first-order valence-corrected chi connectivity index (χ1v) is 6.68. The molecule has 4 heteroatoms. The molecule has 1 aliphatic rings. The van der Waals surface area contributed by atoms with Crippen molar-refractivity contribution in [3.05, 3.63) is 35.4 Å². The van der Waals surface area contributed by atoms with Gasteiger partial charge in [0.1, 0.15) is 0 Å². The summed E-state index contributed by atoms with van der Waals surface area (Å²) in [4.78, 5) is 23.1.